The Hall–Kier alpha value is -2.00. The molecular weight excluding hydrogens is 311 g/mol. The van der Waals surface area contributed by atoms with E-state index in [1.54, 1.807) is 4.72 Å². The topological polar surface area (TPSA) is 79.5 Å². The van der Waals surface area contributed by atoms with Crippen molar-refractivity contribution in [2.24, 2.45) is 0 Å². The largest absolute Gasteiger partial charge is 0.462 e. The molecule has 0 saturated heterocycles. The Morgan fingerprint density at radius 2 is 1.90 bits per heavy atom. The summed E-state index contributed by atoms with van der Waals surface area (Å²) in [6.45, 7) is 0.787. The highest BCUT2D eigenvalue weighted by molar-refractivity contribution is 7.92. The number of anilines is 1. The maximum atomic E-state index is 13.5. The van der Waals surface area contributed by atoms with Gasteiger partial charge in [-0.25, -0.2) is 21.6 Å². The number of aliphatic hydroxyl groups excluding tert-OH is 1. The Morgan fingerprint density at radius 1 is 1.24 bits per heavy atom. The summed E-state index contributed by atoms with van der Waals surface area (Å²) in [7, 11) is -4.32. The summed E-state index contributed by atoms with van der Waals surface area (Å²) in [6, 6.07) is 1.84. The number of benzene rings is 1. The molecule has 21 heavy (non-hydrogen) atoms. The highest BCUT2D eigenvalue weighted by Gasteiger charge is 2.24. The summed E-state index contributed by atoms with van der Waals surface area (Å²) in [5.41, 5.74) is -0.862. The van der Waals surface area contributed by atoms with Crippen molar-refractivity contribution in [2.75, 3.05) is 4.72 Å². The molecule has 0 spiro atoms. The number of sulfonamides is 1. The lowest BCUT2D eigenvalue weighted by Crippen LogP contribution is -2.15. The molecule has 0 bridgehead atoms. The van der Waals surface area contributed by atoms with Crippen molar-refractivity contribution in [1.82, 2.24) is 0 Å². The molecule has 0 radical (unpaired) electrons. The van der Waals surface area contributed by atoms with Gasteiger partial charge in [0.05, 0.1) is 5.69 Å². The number of hydrogen-bond donors (Lipinski definition) is 2. The third kappa shape index (κ3) is 3.03. The van der Waals surface area contributed by atoms with Gasteiger partial charge in [0.15, 0.2) is 11.6 Å². The van der Waals surface area contributed by atoms with Gasteiger partial charge in [0.25, 0.3) is 10.0 Å². The molecule has 0 fully saturated rings. The maximum absolute atomic E-state index is 13.5. The van der Waals surface area contributed by atoms with Crippen LogP contribution in [0.15, 0.2) is 27.5 Å². The summed E-state index contributed by atoms with van der Waals surface area (Å²) in [4.78, 5) is -0.365. The number of hydrogen-bond acceptors (Lipinski definition) is 4. The van der Waals surface area contributed by atoms with Crippen LogP contribution in [0.2, 0.25) is 0 Å². The van der Waals surface area contributed by atoms with Crippen LogP contribution in [0.25, 0.3) is 0 Å². The zero-order chi connectivity index (χ0) is 15.8. The first-order valence-electron chi connectivity index (χ1n) is 5.62. The Bertz CT molecular complexity index is 786. The van der Waals surface area contributed by atoms with Gasteiger partial charge in [-0.05, 0) is 6.92 Å². The van der Waals surface area contributed by atoms with Crippen molar-refractivity contribution >= 4 is 15.7 Å². The van der Waals surface area contributed by atoms with Gasteiger partial charge in [0.2, 0.25) is 0 Å². The summed E-state index contributed by atoms with van der Waals surface area (Å²) < 4.78 is 70.4. The first-order chi connectivity index (χ1) is 9.74. The fraction of sp³-hybridized carbons (Fsp3) is 0.167. The van der Waals surface area contributed by atoms with E-state index in [1.165, 1.54) is 6.92 Å². The number of aliphatic hydroxyl groups is 1. The number of furan rings is 1. The zero-order valence-corrected chi connectivity index (χ0v) is 11.5. The summed E-state index contributed by atoms with van der Waals surface area (Å²) in [5, 5.41) is 8.88. The second kappa shape index (κ2) is 5.41. The molecule has 0 amide bonds. The van der Waals surface area contributed by atoms with Crippen LogP contribution in [0.5, 0.6) is 0 Å². The first-order valence-corrected chi connectivity index (χ1v) is 7.10. The highest BCUT2D eigenvalue weighted by atomic mass is 32.2. The molecule has 9 heteroatoms. The van der Waals surface area contributed by atoms with Crippen molar-refractivity contribution in [2.45, 2.75) is 18.4 Å². The summed E-state index contributed by atoms with van der Waals surface area (Å²) >= 11 is 0. The average Bonchev–Trinajstić information content (AvgIpc) is 2.77. The van der Waals surface area contributed by atoms with Gasteiger partial charge in [-0.15, -0.1) is 0 Å². The molecule has 0 unspecified atom stereocenters. The van der Waals surface area contributed by atoms with E-state index >= 15 is 0 Å². The van der Waals surface area contributed by atoms with Crippen LogP contribution < -0.4 is 4.72 Å². The van der Waals surface area contributed by atoms with Crippen molar-refractivity contribution in [3.8, 4) is 0 Å². The van der Waals surface area contributed by atoms with Gasteiger partial charge in [-0.1, -0.05) is 0 Å². The lowest BCUT2D eigenvalue weighted by molar-refractivity contribution is 0.245. The molecule has 0 aliphatic heterocycles. The van der Waals surface area contributed by atoms with E-state index in [1.807, 2.05) is 0 Å². The van der Waals surface area contributed by atoms with E-state index < -0.39 is 39.8 Å². The number of nitrogens with one attached hydrogen (secondary N) is 1. The van der Waals surface area contributed by atoms with E-state index in [9.17, 15) is 21.6 Å². The molecule has 2 aromatic rings. The van der Waals surface area contributed by atoms with Crippen LogP contribution >= 0.6 is 0 Å². The number of rotatable bonds is 4. The lowest BCUT2D eigenvalue weighted by atomic mass is 10.3. The van der Waals surface area contributed by atoms with Crippen molar-refractivity contribution in [3.05, 3.63) is 47.2 Å². The standard InChI is InChI=1S/C12H10F3NO4S/c1-6-11(4-8(5-17)20-6)21(18,19)16-10-3-7(13)2-9(14)12(10)15/h2-4,16-17H,5H2,1H3. The third-order valence-corrected chi connectivity index (χ3v) is 4.08. The summed E-state index contributed by atoms with van der Waals surface area (Å²) in [5.74, 6) is -4.25. The predicted octanol–water partition coefficient (Wildman–Crippen LogP) is 2.30. The fourth-order valence-corrected chi connectivity index (χ4v) is 2.95. The molecule has 5 nitrogen and oxygen atoms in total. The average molecular weight is 321 g/mol. The van der Waals surface area contributed by atoms with Crippen LogP contribution in [0, 0.1) is 24.4 Å². The van der Waals surface area contributed by atoms with E-state index in [0.717, 1.165) is 6.07 Å². The quantitative estimate of drug-likeness (QED) is 0.847. The molecule has 114 valence electrons. The third-order valence-electron chi connectivity index (χ3n) is 2.61. The van der Waals surface area contributed by atoms with Crippen LogP contribution in [0.3, 0.4) is 0 Å². The molecule has 0 saturated carbocycles. The van der Waals surface area contributed by atoms with Gasteiger partial charge in [-0.2, -0.15) is 0 Å². The van der Waals surface area contributed by atoms with Gasteiger partial charge in [0.1, 0.15) is 28.8 Å². The Morgan fingerprint density at radius 3 is 2.48 bits per heavy atom. The molecule has 0 atom stereocenters. The normalized spacial score (nSPS) is 11.7. The molecule has 2 N–H and O–H groups in total. The highest BCUT2D eigenvalue weighted by Crippen LogP contribution is 2.25. The smallest absolute Gasteiger partial charge is 0.265 e. The van der Waals surface area contributed by atoms with Crippen LogP contribution in [-0.4, -0.2) is 13.5 Å². The molecule has 1 aromatic carbocycles. The molecule has 1 aromatic heterocycles. The zero-order valence-electron chi connectivity index (χ0n) is 10.7. The van der Waals surface area contributed by atoms with Crippen molar-refractivity contribution in [3.63, 3.8) is 0 Å². The minimum Gasteiger partial charge on any atom is -0.462 e. The minimum atomic E-state index is -4.32. The number of aryl methyl sites for hydroxylation is 1. The van der Waals surface area contributed by atoms with Gasteiger partial charge >= 0.3 is 0 Å². The van der Waals surface area contributed by atoms with Gasteiger partial charge in [-0.3, -0.25) is 4.72 Å². The van der Waals surface area contributed by atoms with Crippen molar-refractivity contribution < 1.29 is 31.1 Å². The Balaban J connectivity index is 2.44. The lowest BCUT2D eigenvalue weighted by Gasteiger charge is -2.08. The minimum absolute atomic E-state index is 0.0150. The molecule has 2 rings (SSSR count). The van der Waals surface area contributed by atoms with E-state index in [4.69, 9.17) is 9.52 Å². The van der Waals surface area contributed by atoms with E-state index in [-0.39, 0.29) is 16.4 Å². The van der Waals surface area contributed by atoms with E-state index in [0.29, 0.717) is 12.1 Å². The van der Waals surface area contributed by atoms with Crippen LogP contribution in [-0.2, 0) is 16.6 Å². The molecule has 0 aliphatic rings. The van der Waals surface area contributed by atoms with Crippen molar-refractivity contribution in [1.29, 1.82) is 0 Å². The molecular formula is C12H10F3NO4S. The van der Waals surface area contributed by atoms with Crippen LogP contribution in [0.1, 0.15) is 11.5 Å². The number of halogens is 3. The Labute approximate surface area is 118 Å². The fourth-order valence-electron chi connectivity index (χ4n) is 1.70. The monoisotopic (exact) mass is 321 g/mol. The second-order valence-corrected chi connectivity index (χ2v) is 5.80. The second-order valence-electron chi connectivity index (χ2n) is 4.15. The molecule has 1 heterocycles. The first kappa shape index (κ1) is 15.4. The van der Waals surface area contributed by atoms with Gasteiger partial charge in [0, 0.05) is 18.2 Å². The van der Waals surface area contributed by atoms with Crippen LogP contribution in [0.4, 0.5) is 18.9 Å². The van der Waals surface area contributed by atoms with E-state index in [2.05, 4.69) is 0 Å². The van der Waals surface area contributed by atoms with Gasteiger partial charge < -0.3 is 9.52 Å². The molecule has 0 aliphatic carbocycles. The SMILES string of the molecule is Cc1oc(CO)cc1S(=O)(=O)Nc1cc(F)cc(F)c1F. The predicted molar refractivity (Wildman–Crippen MR) is 66.5 cm³/mol. The summed E-state index contributed by atoms with van der Waals surface area (Å²) in [6.07, 6.45) is 0. The Kier molecular flexibility index (Phi) is 3.97. The maximum Gasteiger partial charge on any atom is 0.265 e.